The molecule has 1 aromatic rings. The van der Waals surface area contributed by atoms with Crippen LogP contribution in [0.5, 0.6) is 0 Å². The minimum absolute atomic E-state index is 0.696. The number of nitrogens with one attached hydrogen (secondary N) is 2. The van der Waals surface area contributed by atoms with Gasteiger partial charge in [-0.25, -0.2) is 5.01 Å². The molecule has 0 amide bonds. The lowest BCUT2D eigenvalue weighted by molar-refractivity contribution is 0.320. The first-order chi connectivity index (χ1) is 7.08. The van der Waals surface area contributed by atoms with Gasteiger partial charge in [-0.2, -0.15) is 5.53 Å². The zero-order valence-electron chi connectivity index (χ0n) is 10.0. The van der Waals surface area contributed by atoms with E-state index in [1.54, 1.807) is 0 Å². The van der Waals surface area contributed by atoms with Crippen LogP contribution in [0.3, 0.4) is 0 Å². The summed E-state index contributed by atoms with van der Waals surface area (Å²) in [5, 5.41) is 1.87. The summed E-state index contributed by atoms with van der Waals surface area (Å²) in [5.74, 6) is 0.696. The largest absolute Gasteiger partial charge is 0.308 e. The molecule has 0 saturated heterocycles. The van der Waals surface area contributed by atoms with E-state index in [4.69, 9.17) is 0 Å². The Hall–Kier alpha value is -1.06. The van der Waals surface area contributed by atoms with Crippen LogP contribution in [0.2, 0.25) is 0 Å². The molecule has 0 spiro atoms. The van der Waals surface area contributed by atoms with E-state index < -0.39 is 0 Å². The SMILES string of the molecule is CC(C)Cc1cccc(NNN(C)C)c1. The quantitative estimate of drug-likeness (QED) is 0.725. The number of hydrogen-bond donors (Lipinski definition) is 2. The van der Waals surface area contributed by atoms with Crippen molar-refractivity contribution in [2.45, 2.75) is 20.3 Å². The highest BCUT2D eigenvalue weighted by molar-refractivity contribution is 5.44. The van der Waals surface area contributed by atoms with Crippen molar-refractivity contribution < 1.29 is 0 Å². The first kappa shape index (κ1) is 12.0. The van der Waals surface area contributed by atoms with Crippen LogP contribution >= 0.6 is 0 Å². The van der Waals surface area contributed by atoms with Gasteiger partial charge in [0.15, 0.2) is 0 Å². The predicted molar refractivity (Wildman–Crippen MR) is 65.4 cm³/mol. The molecule has 0 aromatic heterocycles. The molecule has 0 aliphatic rings. The van der Waals surface area contributed by atoms with Gasteiger partial charge in [-0.15, -0.1) is 0 Å². The van der Waals surface area contributed by atoms with Crippen LogP contribution in [-0.4, -0.2) is 19.1 Å². The summed E-state index contributed by atoms with van der Waals surface area (Å²) in [6.07, 6.45) is 1.12. The molecule has 0 heterocycles. The molecule has 1 rings (SSSR count). The van der Waals surface area contributed by atoms with E-state index in [1.807, 2.05) is 19.1 Å². The minimum atomic E-state index is 0.696. The van der Waals surface area contributed by atoms with Gasteiger partial charge in [-0.3, -0.25) is 0 Å². The number of hydrazine groups is 2. The van der Waals surface area contributed by atoms with Gasteiger partial charge >= 0.3 is 0 Å². The van der Waals surface area contributed by atoms with E-state index in [1.165, 1.54) is 5.56 Å². The number of anilines is 1. The molecule has 0 aliphatic heterocycles. The second-order valence-corrected chi connectivity index (χ2v) is 4.43. The molecular formula is C12H21N3. The van der Waals surface area contributed by atoms with Gasteiger partial charge in [-0.1, -0.05) is 26.0 Å². The maximum absolute atomic E-state index is 3.13. The van der Waals surface area contributed by atoms with Crippen LogP contribution < -0.4 is 11.0 Å². The second kappa shape index (κ2) is 5.73. The van der Waals surface area contributed by atoms with Gasteiger partial charge in [0.2, 0.25) is 0 Å². The molecule has 3 nitrogen and oxygen atoms in total. The molecule has 2 N–H and O–H groups in total. The van der Waals surface area contributed by atoms with E-state index >= 15 is 0 Å². The van der Waals surface area contributed by atoms with Crippen molar-refractivity contribution in [3.8, 4) is 0 Å². The van der Waals surface area contributed by atoms with Gasteiger partial charge in [0.25, 0.3) is 0 Å². The molecule has 0 fully saturated rings. The van der Waals surface area contributed by atoms with Crippen LogP contribution in [-0.2, 0) is 6.42 Å². The topological polar surface area (TPSA) is 27.3 Å². The summed E-state index contributed by atoms with van der Waals surface area (Å²) in [6.45, 7) is 4.47. The highest BCUT2D eigenvalue weighted by Crippen LogP contribution is 2.13. The average molecular weight is 207 g/mol. The van der Waals surface area contributed by atoms with Gasteiger partial charge in [0.05, 0.1) is 5.69 Å². The molecule has 15 heavy (non-hydrogen) atoms. The molecule has 0 atom stereocenters. The van der Waals surface area contributed by atoms with Crippen molar-refractivity contribution in [1.29, 1.82) is 0 Å². The van der Waals surface area contributed by atoms with Crippen molar-refractivity contribution in [3.63, 3.8) is 0 Å². The highest BCUT2D eigenvalue weighted by Gasteiger charge is 1.99. The van der Waals surface area contributed by atoms with E-state index in [0.717, 1.165) is 12.1 Å². The maximum Gasteiger partial charge on any atom is 0.0503 e. The van der Waals surface area contributed by atoms with Crippen molar-refractivity contribution in [1.82, 2.24) is 10.5 Å². The Morgan fingerprint density at radius 3 is 2.60 bits per heavy atom. The third kappa shape index (κ3) is 4.81. The minimum Gasteiger partial charge on any atom is -0.308 e. The van der Waals surface area contributed by atoms with E-state index in [-0.39, 0.29) is 0 Å². The molecule has 3 heteroatoms. The van der Waals surface area contributed by atoms with E-state index in [9.17, 15) is 0 Å². The maximum atomic E-state index is 3.13. The summed E-state index contributed by atoms with van der Waals surface area (Å²) in [6, 6.07) is 8.48. The van der Waals surface area contributed by atoms with Crippen LogP contribution in [0.4, 0.5) is 5.69 Å². The fourth-order valence-electron chi connectivity index (χ4n) is 1.42. The highest BCUT2D eigenvalue weighted by atomic mass is 15.7. The Balaban J connectivity index is 2.57. The summed E-state index contributed by atoms with van der Waals surface area (Å²) in [4.78, 5) is 0. The van der Waals surface area contributed by atoms with Crippen LogP contribution in [0.25, 0.3) is 0 Å². The summed E-state index contributed by atoms with van der Waals surface area (Å²) >= 11 is 0. The molecule has 0 aliphatic carbocycles. The van der Waals surface area contributed by atoms with Crippen molar-refractivity contribution >= 4 is 5.69 Å². The number of benzene rings is 1. The molecule has 0 unspecified atom stereocenters. The smallest absolute Gasteiger partial charge is 0.0503 e. The summed E-state index contributed by atoms with van der Waals surface area (Å²) < 4.78 is 0. The van der Waals surface area contributed by atoms with Gasteiger partial charge in [0, 0.05) is 14.1 Å². The third-order valence-electron chi connectivity index (χ3n) is 1.99. The Morgan fingerprint density at radius 2 is 2.00 bits per heavy atom. The second-order valence-electron chi connectivity index (χ2n) is 4.43. The molecular weight excluding hydrogens is 186 g/mol. The van der Waals surface area contributed by atoms with Gasteiger partial charge < -0.3 is 5.43 Å². The molecule has 0 bridgehead atoms. The summed E-state index contributed by atoms with van der Waals surface area (Å²) in [7, 11) is 3.90. The zero-order chi connectivity index (χ0) is 11.3. The summed E-state index contributed by atoms with van der Waals surface area (Å²) in [5.41, 5.74) is 8.63. The number of rotatable bonds is 5. The molecule has 84 valence electrons. The normalized spacial score (nSPS) is 11.1. The monoisotopic (exact) mass is 207 g/mol. The van der Waals surface area contributed by atoms with Gasteiger partial charge in [-0.05, 0) is 30.0 Å². The standard InChI is InChI=1S/C12H21N3/c1-10(2)8-11-6-5-7-12(9-11)13-14-15(3)4/h5-7,9-10,13-14H,8H2,1-4H3. The molecule has 0 saturated carbocycles. The number of hydrogen-bond acceptors (Lipinski definition) is 3. The van der Waals surface area contributed by atoms with Crippen molar-refractivity contribution in [2.24, 2.45) is 5.92 Å². The lowest BCUT2D eigenvalue weighted by atomic mass is 10.0. The Morgan fingerprint density at radius 1 is 1.27 bits per heavy atom. The lowest BCUT2D eigenvalue weighted by Gasteiger charge is -2.15. The molecule has 0 radical (unpaired) electrons. The fraction of sp³-hybridized carbons (Fsp3) is 0.500. The average Bonchev–Trinajstić information content (AvgIpc) is 2.14. The van der Waals surface area contributed by atoms with Crippen LogP contribution in [0, 0.1) is 5.92 Å². The first-order valence-electron chi connectivity index (χ1n) is 5.36. The molecule has 1 aromatic carbocycles. The van der Waals surface area contributed by atoms with E-state index in [0.29, 0.717) is 5.92 Å². The lowest BCUT2D eigenvalue weighted by Crippen LogP contribution is -2.35. The van der Waals surface area contributed by atoms with Crippen LogP contribution in [0.15, 0.2) is 24.3 Å². The van der Waals surface area contributed by atoms with Crippen molar-refractivity contribution in [3.05, 3.63) is 29.8 Å². The van der Waals surface area contributed by atoms with Crippen LogP contribution in [0.1, 0.15) is 19.4 Å². The first-order valence-corrected chi connectivity index (χ1v) is 5.36. The Kier molecular flexibility index (Phi) is 4.59. The third-order valence-corrected chi connectivity index (χ3v) is 1.99. The fourth-order valence-corrected chi connectivity index (χ4v) is 1.42. The zero-order valence-corrected chi connectivity index (χ0v) is 10.0. The predicted octanol–water partition coefficient (Wildman–Crippen LogP) is 2.28. The van der Waals surface area contributed by atoms with Gasteiger partial charge in [0.1, 0.15) is 0 Å². The number of nitrogens with zero attached hydrogens (tertiary/aromatic N) is 1. The van der Waals surface area contributed by atoms with E-state index in [2.05, 4.69) is 49.1 Å². The Labute approximate surface area is 92.4 Å². The Bertz CT molecular complexity index is 295. The van der Waals surface area contributed by atoms with Crippen molar-refractivity contribution in [2.75, 3.05) is 19.5 Å².